The van der Waals surface area contributed by atoms with Crippen LogP contribution in [0.15, 0.2) is 23.2 Å². The minimum absolute atomic E-state index is 0.281. The monoisotopic (exact) mass is 392 g/mol. The number of nitrogens with one attached hydrogen (secondary N) is 2. The van der Waals surface area contributed by atoms with Crippen LogP contribution in [0.5, 0.6) is 11.5 Å². The first-order valence-corrected chi connectivity index (χ1v) is 9.63. The molecule has 1 aromatic carbocycles. The van der Waals surface area contributed by atoms with Crippen molar-refractivity contribution in [3.63, 3.8) is 0 Å². The molecule has 8 heteroatoms. The lowest BCUT2D eigenvalue weighted by Gasteiger charge is -2.24. The number of hydrogen-bond donors (Lipinski definition) is 2. The number of rotatable bonds is 7. The van der Waals surface area contributed by atoms with E-state index < -0.39 is 5.60 Å². The third-order valence-corrected chi connectivity index (χ3v) is 3.90. The lowest BCUT2D eigenvalue weighted by Crippen LogP contribution is -2.43. The second-order valence-corrected chi connectivity index (χ2v) is 7.53. The Hall–Kier alpha value is -2.64. The number of nitrogens with zero attached hydrogens (tertiary/aromatic N) is 2. The van der Waals surface area contributed by atoms with Crippen molar-refractivity contribution < 1.29 is 19.0 Å². The molecular formula is C20H32N4O4. The number of fused-ring (bicyclic) bond motifs is 1. The maximum absolute atomic E-state index is 12.0. The molecule has 0 saturated heterocycles. The van der Waals surface area contributed by atoms with Crippen LogP contribution in [0.3, 0.4) is 0 Å². The summed E-state index contributed by atoms with van der Waals surface area (Å²) >= 11 is 0. The summed E-state index contributed by atoms with van der Waals surface area (Å²) in [5.41, 5.74) is 0.651. The smallest absolute Gasteiger partial charge is 0.410 e. The molecule has 0 saturated carbocycles. The van der Waals surface area contributed by atoms with Crippen LogP contribution < -0.4 is 20.1 Å². The van der Waals surface area contributed by atoms with Crippen molar-refractivity contribution >= 4 is 12.1 Å². The van der Waals surface area contributed by atoms with Gasteiger partial charge in [0.25, 0.3) is 0 Å². The fraction of sp³-hybridized carbons (Fsp3) is 0.600. The van der Waals surface area contributed by atoms with Crippen LogP contribution in [0.1, 0.15) is 33.3 Å². The molecule has 28 heavy (non-hydrogen) atoms. The number of carbonyl (C=O) groups excluding carboxylic acids is 1. The first-order chi connectivity index (χ1) is 13.3. The van der Waals surface area contributed by atoms with Crippen molar-refractivity contribution in [2.24, 2.45) is 4.99 Å². The summed E-state index contributed by atoms with van der Waals surface area (Å²) in [5, 5.41) is 6.45. The highest BCUT2D eigenvalue weighted by Crippen LogP contribution is 2.32. The van der Waals surface area contributed by atoms with Gasteiger partial charge in [0.05, 0.1) is 0 Å². The molecule has 0 atom stereocenters. The second-order valence-electron chi connectivity index (χ2n) is 7.53. The number of ether oxygens (including phenoxy) is 3. The maximum Gasteiger partial charge on any atom is 0.410 e. The van der Waals surface area contributed by atoms with Gasteiger partial charge in [0, 0.05) is 33.2 Å². The molecule has 156 valence electrons. The van der Waals surface area contributed by atoms with Crippen molar-refractivity contribution in [2.75, 3.05) is 40.0 Å². The summed E-state index contributed by atoms with van der Waals surface area (Å²) in [6.07, 6.45) is 0.462. The van der Waals surface area contributed by atoms with E-state index in [0.717, 1.165) is 36.0 Å². The van der Waals surface area contributed by atoms with E-state index >= 15 is 0 Å². The highest BCUT2D eigenvalue weighted by Gasteiger charge is 2.19. The quantitative estimate of drug-likeness (QED) is 0.548. The topological polar surface area (TPSA) is 84.4 Å². The zero-order chi connectivity index (χ0) is 20.6. The van der Waals surface area contributed by atoms with Crippen molar-refractivity contribution in [3.05, 3.63) is 23.8 Å². The van der Waals surface area contributed by atoms with Crippen LogP contribution in [0.4, 0.5) is 4.79 Å². The van der Waals surface area contributed by atoms with E-state index in [-0.39, 0.29) is 12.9 Å². The number of carbonyl (C=O) groups is 1. The molecule has 0 unspecified atom stereocenters. The Balaban J connectivity index is 1.78. The van der Waals surface area contributed by atoms with Gasteiger partial charge in [-0.15, -0.1) is 0 Å². The highest BCUT2D eigenvalue weighted by molar-refractivity contribution is 5.79. The molecule has 0 spiro atoms. The first kappa shape index (κ1) is 21.7. The summed E-state index contributed by atoms with van der Waals surface area (Å²) < 4.78 is 16.1. The lowest BCUT2D eigenvalue weighted by atomic mass is 10.1. The first-order valence-electron chi connectivity index (χ1n) is 9.63. The molecule has 8 nitrogen and oxygen atoms in total. The summed E-state index contributed by atoms with van der Waals surface area (Å²) in [7, 11) is 1.72. The number of likely N-dealkylation sites (N-methyl/N-ethyl adjacent to an activating group) is 1. The van der Waals surface area contributed by atoms with Gasteiger partial charge >= 0.3 is 6.09 Å². The second kappa shape index (κ2) is 10.1. The largest absolute Gasteiger partial charge is 0.454 e. The predicted octanol–water partition coefficient (Wildman–Crippen LogP) is 2.38. The Morgan fingerprint density at radius 2 is 2.00 bits per heavy atom. The van der Waals surface area contributed by atoms with Gasteiger partial charge in [0.2, 0.25) is 6.79 Å². The Bertz CT molecular complexity index is 685. The van der Waals surface area contributed by atoms with Crippen LogP contribution in [0, 0.1) is 0 Å². The molecule has 0 radical (unpaired) electrons. The summed E-state index contributed by atoms with van der Waals surface area (Å²) in [6.45, 7) is 10.3. The number of hydrogen-bond acceptors (Lipinski definition) is 5. The van der Waals surface area contributed by atoms with Crippen molar-refractivity contribution in [3.8, 4) is 11.5 Å². The molecule has 2 N–H and O–H groups in total. The van der Waals surface area contributed by atoms with Crippen molar-refractivity contribution in [2.45, 2.75) is 39.7 Å². The van der Waals surface area contributed by atoms with Gasteiger partial charge in [-0.1, -0.05) is 6.07 Å². The summed E-state index contributed by atoms with van der Waals surface area (Å²) in [5.74, 6) is 2.30. The fourth-order valence-electron chi connectivity index (χ4n) is 2.51. The Morgan fingerprint density at radius 3 is 2.71 bits per heavy atom. The molecule has 1 aromatic rings. The van der Waals surface area contributed by atoms with E-state index in [9.17, 15) is 4.79 Å². The zero-order valence-electron chi connectivity index (χ0n) is 17.5. The number of benzene rings is 1. The Kier molecular flexibility index (Phi) is 7.78. The molecule has 0 aromatic heterocycles. The van der Waals surface area contributed by atoms with Gasteiger partial charge in [-0.2, -0.15) is 0 Å². The molecule has 0 bridgehead atoms. The number of amides is 1. The van der Waals surface area contributed by atoms with E-state index in [0.29, 0.717) is 19.6 Å². The van der Waals surface area contributed by atoms with Crippen LogP contribution in [0.25, 0.3) is 0 Å². The van der Waals surface area contributed by atoms with Gasteiger partial charge in [-0.3, -0.25) is 4.99 Å². The van der Waals surface area contributed by atoms with Crippen LogP contribution in [-0.4, -0.2) is 62.6 Å². The van der Waals surface area contributed by atoms with Crippen LogP contribution in [-0.2, 0) is 11.2 Å². The molecular weight excluding hydrogens is 360 g/mol. The third kappa shape index (κ3) is 7.17. The molecule has 1 aliphatic rings. The SMILES string of the molecule is CCNC(=NCCc1ccc2c(c1)OCO2)NCCN(C)C(=O)OC(C)(C)C. The predicted molar refractivity (Wildman–Crippen MR) is 109 cm³/mol. The van der Waals surface area contributed by atoms with Gasteiger partial charge in [0.1, 0.15) is 5.60 Å². The normalized spacial score (nSPS) is 13.2. The molecule has 0 aliphatic carbocycles. The van der Waals surface area contributed by atoms with Crippen LogP contribution >= 0.6 is 0 Å². The van der Waals surface area contributed by atoms with E-state index in [1.165, 1.54) is 0 Å². The minimum Gasteiger partial charge on any atom is -0.454 e. The van der Waals surface area contributed by atoms with Crippen LogP contribution in [0.2, 0.25) is 0 Å². The standard InChI is InChI=1S/C20H32N4O4/c1-6-21-18(23-11-12-24(5)19(25)28-20(2,3)4)22-10-9-15-7-8-16-17(13-15)27-14-26-16/h7-8,13H,6,9-12,14H2,1-5H3,(H2,21,22,23). The highest BCUT2D eigenvalue weighted by atomic mass is 16.7. The van der Waals surface area contributed by atoms with Gasteiger partial charge < -0.3 is 29.7 Å². The average Bonchev–Trinajstić information content (AvgIpc) is 3.08. The maximum atomic E-state index is 12.0. The fourth-order valence-corrected chi connectivity index (χ4v) is 2.51. The Labute approximate surface area is 167 Å². The van der Waals surface area contributed by atoms with Crippen molar-refractivity contribution in [1.82, 2.24) is 15.5 Å². The third-order valence-electron chi connectivity index (χ3n) is 3.90. The van der Waals surface area contributed by atoms with E-state index in [1.54, 1.807) is 11.9 Å². The van der Waals surface area contributed by atoms with E-state index in [2.05, 4.69) is 15.6 Å². The molecule has 2 rings (SSSR count). The minimum atomic E-state index is -0.496. The van der Waals surface area contributed by atoms with E-state index in [1.807, 2.05) is 45.9 Å². The lowest BCUT2D eigenvalue weighted by molar-refractivity contribution is 0.0302. The van der Waals surface area contributed by atoms with Crippen molar-refractivity contribution in [1.29, 1.82) is 0 Å². The summed E-state index contributed by atoms with van der Waals surface area (Å²) in [6, 6.07) is 5.95. The molecule has 1 amide bonds. The molecule has 1 aliphatic heterocycles. The summed E-state index contributed by atoms with van der Waals surface area (Å²) in [4.78, 5) is 18.1. The Morgan fingerprint density at radius 1 is 1.25 bits per heavy atom. The zero-order valence-corrected chi connectivity index (χ0v) is 17.5. The van der Waals surface area contributed by atoms with Gasteiger partial charge in [-0.25, -0.2) is 4.79 Å². The number of guanidine groups is 1. The van der Waals surface area contributed by atoms with Gasteiger partial charge in [-0.05, 0) is 51.8 Å². The molecule has 1 heterocycles. The average molecular weight is 393 g/mol. The molecule has 0 fully saturated rings. The number of aliphatic imine (C=N–C) groups is 1. The van der Waals surface area contributed by atoms with Gasteiger partial charge in [0.15, 0.2) is 17.5 Å². The van der Waals surface area contributed by atoms with E-state index in [4.69, 9.17) is 14.2 Å².